The van der Waals surface area contributed by atoms with Gasteiger partial charge in [0.1, 0.15) is 17.0 Å². The number of hydrogen-bond acceptors (Lipinski definition) is 4. The normalized spacial score (nSPS) is 14.3. The highest BCUT2D eigenvalue weighted by Crippen LogP contribution is 2.21. The Bertz CT molecular complexity index is 566. The molecule has 2 atom stereocenters. The van der Waals surface area contributed by atoms with E-state index < -0.39 is 6.10 Å². The number of nitrogens with one attached hydrogen (secondary N) is 1. The van der Waals surface area contributed by atoms with E-state index in [-0.39, 0.29) is 6.04 Å². The van der Waals surface area contributed by atoms with Crippen molar-refractivity contribution in [2.24, 2.45) is 7.05 Å². The first-order valence-electron chi connectivity index (χ1n) is 7.18. The van der Waals surface area contributed by atoms with Crippen molar-refractivity contribution in [3.8, 4) is 0 Å². The Balaban J connectivity index is 1.91. The second-order valence-electron chi connectivity index (χ2n) is 5.24. The van der Waals surface area contributed by atoms with Gasteiger partial charge in [-0.05, 0) is 31.9 Å². The number of hydrogen-bond donors (Lipinski definition) is 2. The van der Waals surface area contributed by atoms with Gasteiger partial charge < -0.3 is 14.8 Å². The summed E-state index contributed by atoms with van der Waals surface area (Å²) in [7, 11) is 1.84. The molecule has 116 valence electrons. The number of halogens is 1. The molecule has 0 aliphatic rings. The Hall–Kier alpha value is -1.30. The van der Waals surface area contributed by atoms with Gasteiger partial charge in [-0.2, -0.15) is 5.10 Å². The fourth-order valence-electron chi connectivity index (χ4n) is 2.35. The number of rotatable bonds is 7. The Morgan fingerprint density at radius 2 is 2.29 bits per heavy atom. The molecule has 2 unspecified atom stereocenters. The molecule has 0 amide bonds. The van der Waals surface area contributed by atoms with Crippen LogP contribution in [0.2, 0.25) is 5.15 Å². The van der Waals surface area contributed by atoms with Crippen LogP contribution in [0.3, 0.4) is 0 Å². The number of furan rings is 1. The van der Waals surface area contributed by atoms with E-state index in [4.69, 9.17) is 16.0 Å². The van der Waals surface area contributed by atoms with E-state index in [1.54, 1.807) is 23.1 Å². The molecule has 2 heterocycles. The molecule has 0 saturated heterocycles. The molecular formula is C15H22ClN3O2. The summed E-state index contributed by atoms with van der Waals surface area (Å²) in [5, 5.41) is 18.5. The monoisotopic (exact) mass is 311 g/mol. The minimum absolute atomic E-state index is 0.131. The maximum atomic E-state index is 10.1. The van der Waals surface area contributed by atoms with Gasteiger partial charge in [0.05, 0.1) is 12.0 Å². The van der Waals surface area contributed by atoms with Crippen molar-refractivity contribution in [1.29, 1.82) is 0 Å². The Morgan fingerprint density at radius 3 is 2.90 bits per heavy atom. The van der Waals surface area contributed by atoms with Crippen LogP contribution >= 0.6 is 11.6 Å². The van der Waals surface area contributed by atoms with Crippen LogP contribution in [-0.2, 0) is 20.0 Å². The lowest BCUT2D eigenvalue weighted by Gasteiger charge is -2.16. The quantitative estimate of drug-likeness (QED) is 0.825. The predicted molar refractivity (Wildman–Crippen MR) is 82.2 cm³/mol. The average molecular weight is 312 g/mol. The van der Waals surface area contributed by atoms with E-state index in [9.17, 15) is 5.11 Å². The second-order valence-corrected chi connectivity index (χ2v) is 5.60. The molecule has 2 rings (SSSR count). The number of aliphatic hydroxyl groups is 1. The summed E-state index contributed by atoms with van der Waals surface area (Å²) in [5.41, 5.74) is 2.04. The van der Waals surface area contributed by atoms with Crippen LogP contribution in [0.15, 0.2) is 22.8 Å². The van der Waals surface area contributed by atoms with Gasteiger partial charge in [-0.25, -0.2) is 0 Å². The third-order valence-electron chi connectivity index (χ3n) is 3.56. The molecule has 0 bridgehead atoms. The smallest absolute Gasteiger partial charge is 0.132 e. The average Bonchev–Trinajstić information content (AvgIpc) is 3.07. The summed E-state index contributed by atoms with van der Waals surface area (Å²) in [6, 6.07) is 3.69. The second kappa shape index (κ2) is 7.11. The zero-order valence-electron chi connectivity index (χ0n) is 12.6. The lowest BCUT2D eigenvalue weighted by atomic mass is 10.1. The molecule has 2 N–H and O–H groups in total. The minimum Gasteiger partial charge on any atom is -0.467 e. The fraction of sp³-hybridized carbons (Fsp3) is 0.533. The summed E-state index contributed by atoms with van der Waals surface area (Å²) in [5.74, 6) is 0.595. The van der Waals surface area contributed by atoms with Gasteiger partial charge in [-0.15, -0.1) is 0 Å². The van der Waals surface area contributed by atoms with Crippen LogP contribution in [-0.4, -0.2) is 20.9 Å². The Kier molecular flexibility index (Phi) is 5.45. The van der Waals surface area contributed by atoms with Crippen molar-refractivity contribution in [2.45, 2.75) is 45.4 Å². The van der Waals surface area contributed by atoms with E-state index >= 15 is 0 Å². The maximum absolute atomic E-state index is 10.1. The van der Waals surface area contributed by atoms with Crippen molar-refractivity contribution in [3.05, 3.63) is 40.6 Å². The van der Waals surface area contributed by atoms with E-state index in [1.807, 2.05) is 14.0 Å². The van der Waals surface area contributed by atoms with E-state index in [0.29, 0.717) is 23.9 Å². The Labute approximate surface area is 129 Å². The van der Waals surface area contributed by atoms with Crippen LogP contribution in [0.1, 0.15) is 43.4 Å². The lowest BCUT2D eigenvalue weighted by molar-refractivity contribution is 0.128. The fourth-order valence-corrected chi connectivity index (χ4v) is 2.56. The molecule has 0 saturated carbocycles. The van der Waals surface area contributed by atoms with Crippen molar-refractivity contribution in [3.63, 3.8) is 0 Å². The zero-order chi connectivity index (χ0) is 15.4. The lowest BCUT2D eigenvalue weighted by Crippen LogP contribution is -2.27. The van der Waals surface area contributed by atoms with Crippen molar-refractivity contribution in [2.75, 3.05) is 0 Å². The molecule has 5 nitrogen and oxygen atoms in total. The number of aryl methyl sites for hydroxylation is 2. The van der Waals surface area contributed by atoms with Crippen LogP contribution in [0.25, 0.3) is 0 Å². The van der Waals surface area contributed by atoms with Crippen LogP contribution in [0.4, 0.5) is 0 Å². The predicted octanol–water partition coefficient (Wildman–Crippen LogP) is 2.83. The van der Waals surface area contributed by atoms with Crippen LogP contribution in [0, 0.1) is 0 Å². The van der Waals surface area contributed by atoms with Gasteiger partial charge in [0.2, 0.25) is 0 Å². The van der Waals surface area contributed by atoms with Crippen molar-refractivity contribution < 1.29 is 9.52 Å². The molecule has 0 fully saturated rings. The van der Waals surface area contributed by atoms with Gasteiger partial charge in [0.25, 0.3) is 0 Å². The molecule has 0 aliphatic carbocycles. The highest BCUT2D eigenvalue weighted by molar-refractivity contribution is 6.30. The number of aliphatic hydroxyl groups excluding tert-OH is 1. The third-order valence-corrected chi connectivity index (χ3v) is 4.04. The molecule has 2 aromatic heterocycles. The number of aromatic nitrogens is 2. The van der Waals surface area contributed by atoms with Gasteiger partial charge in [-0.3, -0.25) is 4.68 Å². The molecular weight excluding hydrogens is 290 g/mol. The summed E-state index contributed by atoms with van der Waals surface area (Å²) >= 11 is 6.26. The molecule has 0 aliphatic heterocycles. The summed E-state index contributed by atoms with van der Waals surface area (Å²) < 4.78 is 6.90. The highest BCUT2D eigenvalue weighted by atomic mass is 35.5. The first-order valence-corrected chi connectivity index (χ1v) is 7.55. The van der Waals surface area contributed by atoms with Gasteiger partial charge in [0, 0.05) is 25.2 Å². The highest BCUT2D eigenvalue weighted by Gasteiger charge is 2.17. The van der Waals surface area contributed by atoms with E-state index in [0.717, 1.165) is 17.7 Å². The SMILES string of the molecule is CCc1nn(C)c(Cl)c1CNC(C)CC(O)c1ccco1. The molecule has 0 spiro atoms. The van der Waals surface area contributed by atoms with E-state index in [2.05, 4.69) is 17.3 Å². The van der Waals surface area contributed by atoms with Crippen LogP contribution in [0.5, 0.6) is 0 Å². The molecule has 2 aromatic rings. The van der Waals surface area contributed by atoms with Gasteiger partial charge in [0.15, 0.2) is 0 Å². The summed E-state index contributed by atoms with van der Waals surface area (Å²) in [6.45, 7) is 4.73. The molecule has 6 heteroatoms. The Morgan fingerprint density at radius 1 is 1.52 bits per heavy atom. The van der Waals surface area contributed by atoms with Crippen LogP contribution < -0.4 is 5.32 Å². The van der Waals surface area contributed by atoms with Crippen molar-refractivity contribution >= 4 is 11.6 Å². The van der Waals surface area contributed by atoms with Gasteiger partial charge >= 0.3 is 0 Å². The summed E-state index contributed by atoms with van der Waals surface area (Å²) in [6.07, 6.45) is 2.39. The van der Waals surface area contributed by atoms with Gasteiger partial charge in [-0.1, -0.05) is 18.5 Å². The topological polar surface area (TPSA) is 63.2 Å². The van der Waals surface area contributed by atoms with E-state index in [1.165, 1.54) is 0 Å². The number of nitrogens with zero attached hydrogens (tertiary/aromatic N) is 2. The molecule has 21 heavy (non-hydrogen) atoms. The zero-order valence-corrected chi connectivity index (χ0v) is 13.4. The minimum atomic E-state index is -0.600. The standard InChI is InChI=1S/C15H22ClN3O2/c1-4-12-11(15(16)19(3)18-12)9-17-10(2)8-13(20)14-6-5-7-21-14/h5-7,10,13,17,20H,4,8-9H2,1-3H3. The summed E-state index contributed by atoms with van der Waals surface area (Å²) in [4.78, 5) is 0. The molecule has 0 radical (unpaired) electrons. The first-order chi connectivity index (χ1) is 10.0. The molecule has 0 aromatic carbocycles. The van der Waals surface area contributed by atoms with Crippen molar-refractivity contribution in [1.82, 2.24) is 15.1 Å². The third kappa shape index (κ3) is 3.87. The maximum Gasteiger partial charge on any atom is 0.132 e. The first kappa shape index (κ1) is 16.1. The largest absolute Gasteiger partial charge is 0.467 e.